The lowest BCUT2D eigenvalue weighted by Crippen LogP contribution is -2.56. The molecule has 3 heterocycles. The molecule has 0 aromatic carbocycles. The molecule has 11 nitrogen and oxygen atoms in total. The number of ether oxygens (including phenoxy) is 2. The van der Waals surface area contributed by atoms with Gasteiger partial charge in [-0.2, -0.15) is 4.98 Å². The van der Waals surface area contributed by atoms with Crippen molar-refractivity contribution >= 4 is 21.9 Å². The van der Waals surface area contributed by atoms with Gasteiger partial charge in [0.2, 0.25) is 27.8 Å². The number of sulfonamides is 1. The highest BCUT2D eigenvalue weighted by Gasteiger charge is 2.46. The summed E-state index contributed by atoms with van der Waals surface area (Å²) in [4.78, 5) is 19.4. The second-order valence-corrected chi connectivity index (χ2v) is 10.3. The maximum atomic E-state index is 11.8. The lowest BCUT2D eigenvalue weighted by Gasteiger charge is -2.47. The largest absolute Gasteiger partial charge is 0.471 e. The molecule has 1 aliphatic heterocycles. The summed E-state index contributed by atoms with van der Waals surface area (Å²) >= 11 is 0. The molecule has 1 saturated heterocycles. The molecule has 1 saturated carbocycles. The molecule has 4 rings (SSSR count). The number of aromatic nitrogens is 4. The monoisotopic (exact) mass is 449 g/mol. The van der Waals surface area contributed by atoms with Crippen molar-refractivity contribution in [2.24, 2.45) is 0 Å². The number of nitrogens with two attached hydrogens (primary N) is 1. The van der Waals surface area contributed by atoms with E-state index in [2.05, 4.69) is 19.9 Å². The van der Waals surface area contributed by atoms with Crippen molar-refractivity contribution in [1.29, 1.82) is 0 Å². The molecule has 0 radical (unpaired) electrons. The fourth-order valence-corrected chi connectivity index (χ4v) is 4.48. The Kier molecular flexibility index (Phi) is 5.71. The second kappa shape index (κ2) is 8.17. The molecule has 0 unspecified atom stereocenters. The Bertz CT molecular complexity index is 1040. The minimum atomic E-state index is -3.24. The van der Waals surface area contributed by atoms with E-state index in [0.29, 0.717) is 62.2 Å². The molecule has 2 aromatic rings. The highest BCUT2D eigenvalue weighted by atomic mass is 32.2. The maximum Gasteiger partial charge on any atom is 0.229 e. The first-order chi connectivity index (χ1) is 14.6. The molecule has 2 fully saturated rings. The number of morpholine rings is 1. The van der Waals surface area contributed by atoms with Gasteiger partial charge in [-0.05, 0) is 6.92 Å². The van der Waals surface area contributed by atoms with Crippen LogP contribution in [0.2, 0.25) is 0 Å². The van der Waals surface area contributed by atoms with Crippen molar-refractivity contribution in [1.82, 2.24) is 24.2 Å². The number of nitrogens with zero attached hydrogens (tertiary/aromatic N) is 6. The van der Waals surface area contributed by atoms with Crippen molar-refractivity contribution in [3.05, 3.63) is 18.5 Å². The summed E-state index contributed by atoms with van der Waals surface area (Å²) in [6, 6.07) is 1.66. The van der Waals surface area contributed by atoms with Gasteiger partial charge >= 0.3 is 0 Å². The van der Waals surface area contributed by atoms with Gasteiger partial charge in [0.1, 0.15) is 5.60 Å². The summed E-state index contributed by atoms with van der Waals surface area (Å²) in [5, 5.41) is 0. The Morgan fingerprint density at radius 3 is 2.48 bits per heavy atom. The van der Waals surface area contributed by atoms with Gasteiger partial charge in [0.05, 0.1) is 25.2 Å². The standard InChI is InChI=1S/C19H27N7O4S/c1-19(9-14(10-19)25(2)31(3,27)28)30-16-8-15(13-11-21-17(20)22-12-13)23-18(24-16)26-4-6-29-7-5-26/h8,11-12,14H,4-7,9-10H2,1-3H3,(H2,20,21,22)/t14-,19-. The zero-order chi connectivity index (χ0) is 22.2. The van der Waals surface area contributed by atoms with Gasteiger partial charge in [0.25, 0.3) is 0 Å². The van der Waals surface area contributed by atoms with E-state index in [-0.39, 0.29) is 12.0 Å². The van der Waals surface area contributed by atoms with E-state index in [0.717, 1.165) is 0 Å². The molecular weight excluding hydrogens is 422 g/mol. The van der Waals surface area contributed by atoms with E-state index in [1.54, 1.807) is 25.5 Å². The van der Waals surface area contributed by atoms with Crippen molar-refractivity contribution in [2.75, 3.05) is 50.2 Å². The van der Waals surface area contributed by atoms with Gasteiger partial charge in [-0.1, -0.05) is 0 Å². The van der Waals surface area contributed by atoms with Crippen molar-refractivity contribution in [3.8, 4) is 17.1 Å². The topological polar surface area (TPSA) is 137 Å². The van der Waals surface area contributed by atoms with Crippen molar-refractivity contribution < 1.29 is 17.9 Å². The van der Waals surface area contributed by atoms with Gasteiger partial charge in [0.15, 0.2) is 0 Å². The van der Waals surface area contributed by atoms with Crippen LogP contribution in [0.15, 0.2) is 18.5 Å². The third-order valence-corrected chi connectivity index (χ3v) is 7.02. The molecule has 2 N–H and O–H groups in total. The van der Waals surface area contributed by atoms with E-state index < -0.39 is 15.6 Å². The van der Waals surface area contributed by atoms with Crippen LogP contribution in [0, 0.1) is 0 Å². The summed E-state index contributed by atoms with van der Waals surface area (Å²) in [7, 11) is -1.65. The van der Waals surface area contributed by atoms with Gasteiger partial charge in [-0.15, -0.1) is 0 Å². The smallest absolute Gasteiger partial charge is 0.229 e. The summed E-state index contributed by atoms with van der Waals surface area (Å²) in [6.07, 6.45) is 5.59. The van der Waals surface area contributed by atoms with Gasteiger partial charge in [-0.3, -0.25) is 0 Å². The number of nitrogen functional groups attached to an aromatic ring is 1. The molecule has 168 valence electrons. The predicted molar refractivity (Wildman–Crippen MR) is 115 cm³/mol. The summed E-state index contributed by atoms with van der Waals surface area (Å²) in [6.45, 7) is 4.53. The average Bonchev–Trinajstić information content (AvgIpc) is 2.71. The summed E-state index contributed by atoms with van der Waals surface area (Å²) < 4.78 is 36.7. The van der Waals surface area contributed by atoms with Crippen LogP contribution in [-0.2, 0) is 14.8 Å². The minimum absolute atomic E-state index is 0.0921. The van der Waals surface area contributed by atoms with Crippen LogP contribution in [0.5, 0.6) is 5.88 Å². The van der Waals surface area contributed by atoms with Gasteiger partial charge in [0, 0.05) is 63.0 Å². The molecule has 0 bridgehead atoms. The first-order valence-electron chi connectivity index (χ1n) is 10.0. The Hall–Kier alpha value is -2.57. The minimum Gasteiger partial charge on any atom is -0.471 e. The third-order valence-electron chi connectivity index (χ3n) is 5.68. The van der Waals surface area contributed by atoms with Crippen LogP contribution in [0.3, 0.4) is 0 Å². The van der Waals surface area contributed by atoms with Crippen molar-refractivity contribution in [3.63, 3.8) is 0 Å². The van der Waals surface area contributed by atoms with Crippen LogP contribution in [0.25, 0.3) is 11.3 Å². The van der Waals surface area contributed by atoms with Gasteiger partial charge in [-0.25, -0.2) is 27.7 Å². The highest BCUT2D eigenvalue weighted by molar-refractivity contribution is 7.88. The predicted octanol–water partition coefficient (Wildman–Crippen LogP) is 0.544. The van der Waals surface area contributed by atoms with E-state index in [1.165, 1.54) is 10.6 Å². The summed E-state index contributed by atoms with van der Waals surface area (Å²) in [5.41, 5.74) is 6.41. The van der Waals surface area contributed by atoms with E-state index in [4.69, 9.17) is 15.2 Å². The molecule has 12 heteroatoms. The maximum absolute atomic E-state index is 11.8. The fraction of sp³-hybridized carbons (Fsp3) is 0.579. The highest BCUT2D eigenvalue weighted by Crippen LogP contribution is 2.40. The first kappa shape index (κ1) is 21.7. The molecule has 0 atom stereocenters. The van der Waals surface area contributed by atoms with E-state index in [9.17, 15) is 8.42 Å². The van der Waals surface area contributed by atoms with Crippen LogP contribution in [0.4, 0.5) is 11.9 Å². The molecule has 0 amide bonds. The van der Waals surface area contributed by atoms with Crippen molar-refractivity contribution in [2.45, 2.75) is 31.4 Å². The van der Waals surface area contributed by atoms with Gasteiger partial charge < -0.3 is 20.1 Å². The lowest BCUT2D eigenvalue weighted by atomic mass is 9.77. The third kappa shape index (κ3) is 4.86. The molecule has 2 aliphatic rings. The molecular formula is C19H27N7O4S. The molecule has 2 aromatic heterocycles. The zero-order valence-electron chi connectivity index (χ0n) is 17.9. The number of anilines is 2. The van der Waals surface area contributed by atoms with Crippen LogP contribution in [-0.4, -0.2) is 83.9 Å². The quantitative estimate of drug-likeness (QED) is 0.665. The Labute approximate surface area is 181 Å². The number of hydrogen-bond acceptors (Lipinski definition) is 10. The van der Waals surface area contributed by atoms with Crippen LogP contribution >= 0.6 is 0 Å². The van der Waals surface area contributed by atoms with E-state index >= 15 is 0 Å². The molecule has 31 heavy (non-hydrogen) atoms. The molecule has 1 aliphatic carbocycles. The first-order valence-corrected chi connectivity index (χ1v) is 11.9. The second-order valence-electron chi connectivity index (χ2n) is 8.21. The fourth-order valence-electron chi connectivity index (χ4n) is 3.79. The Morgan fingerprint density at radius 2 is 1.87 bits per heavy atom. The summed E-state index contributed by atoms with van der Waals surface area (Å²) in [5.74, 6) is 1.15. The van der Waals surface area contributed by atoms with Crippen LogP contribution in [0.1, 0.15) is 19.8 Å². The number of hydrogen-bond donors (Lipinski definition) is 1. The Balaban J connectivity index is 1.59. The Morgan fingerprint density at radius 1 is 1.23 bits per heavy atom. The lowest BCUT2D eigenvalue weighted by molar-refractivity contribution is -0.0354. The van der Waals surface area contributed by atoms with Crippen LogP contribution < -0.4 is 15.4 Å². The SMILES string of the molecule is CN([C@H]1C[C@](C)(Oc2cc(-c3cnc(N)nc3)nc(N3CCOCC3)n2)C1)S(C)(=O)=O. The average molecular weight is 450 g/mol. The van der Waals surface area contributed by atoms with E-state index in [1.807, 2.05) is 11.8 Å². The normalized spacial score (nSPS) is 24.1. The zero-order valence-corrected chi connectivity index (χ0v) is 18.7. The number of rotatable bonds is 6. The molecule has 0 spiro atoms.